The number of anilines is 1. The van der Waals surface area contributed by atoms with Crippen LogP contribution in [0.1, 0.15) is 12.5 Å². The van der Waals surface area contributed by atoms with E-state index >= 15 is 0 Å². The van der Waals surface area contributed by atoms with Crippen molar-refractivity contribution in [2.75, 3.05) is 5.01 Å². The molecule has 1 aliphatic heterocycles. The number of aryl methyl sites for hydroxylation is 1. The number of hydrogen-bond donors (Lipinski definition) is 0. The van der Waals surface area contributed by atoms with Crippen molar-refractivity contribution in [1.29, 1.82) is 0 Å². The van der Waals surface area contributed by atoms with E-state index in [4.69, 9.17) is 0 Å². The van der Waals surface area contributed by atoms with E-state index in [9.17, 15) is 4.79 Å². The molecule has 0 bridgehead atoms. The highest BCUT2D eigenvalue weighted by Crippen LogP contribution is 2.31. The van der Waals surface area contributed by atoms with Crippen LogP contribution in [0.5, 0.6) is 0 Å². The number of carbonyl (C=O) groups is 1. The van der Waals surface area contributed by atoms with Gasteiger partial charge in [-0.05, 0) is 50.2 Å². The van der Waals surface area contributed by atoms with E-state index in [-0.39, 0.29) is 5.91 Å². The molecule has 1 amide bonds. The van der Waals surface area contributed by atoms with Gasteiger partial charge in [0.15, 0.2) is 6.04 Å². The Morgan fingerprint density at radius 3 is 2.11 bits per heavy atom. The fraction of sp³-hybridized carbons (Fsp3) is 0.115. The molecule has 1 aromatic heterocycles. The maximum Gasteiger partial charge on any atom is 0.282 e. The van der Waals surface area contributed by atoms with E-state index in [1.165, 1.54) is 21.9 Å². The molecule has 3 aromatic carbocycles. The van der Waals surface area contributed by atoms with E-state index < -0.39 is 6.04 Å². The van der Waals surface area contributed by atoms with Crippen LogP contribution in [0.3, 0.4) is 0 Å². The average molecular weight is 480 g/mol. The van der Waals surface area contributed by atoms with Gasteiger partial charge in [0.1, 0.15) is 0 Å². The summed E-state index contributed by atoms with van der Waals surface area (Å²) in [6, 6.07) is 24.0. The maximum atomic E-state index is 13.0. The molecule has 0 saturated carbocycles. The van der Waals surface area contributed by atoms with Gasteiger partial charge in [-0.25, -0.2) is 4.98 Å². The molecule has 1 unspecified atom stereocenters. The Morgan fingerprint density at radius 1 is 0.800 bits per heavy atom. The first-order valence-corrected chi connectivity index (χ1v) is 11.8. The van der Waals surface area contributed by atoms with E-state index in [0.29, 0.717) is 22.2 Å². The van der Waals surface area contributed by atoms with Gasteiger partial charge in [0, 0.05) is 10.9 Å². The molecule has 172 valence electrons. The standard InChI is InChI=1S/C26H21N7OS/c1-17-8-10-19(11-9-17)23-16-35-26(27-23)33-25(34)24(18(2)32-33)31-30-22-14-12-21(13-15-22)29-28-20-6-4-3-5-7-20/h3-16,24H,1-2H3. The zero-order valence-corrected chi connectivity index (χ0v) is 19.9. The molecule has 35 heavy (non-hydrogen) atoms. The molecule has 8 nitrogen and oxygen atoms in total. The molecule has 9 heteroatoms. The zero-order chi connectivity index (χ0) is 24.2. The second-order valence-corrected chi connectivity index (χ2v) is 8.78. The van der Waals surface area contributed by atoms with Crippen LogP contribution in [-0.2, 0) is 4.79 Å². The third kappa shape index (κ3) is 5.10. The summed E-state index contributed by atoms with van der Waals surface area (Å²) in [6.07, 6.45) is 0. The Morgan fingerprint density at radius 2 is 1.43 bits per heavy atom. The molecule has 0 spiro atoms. The number of carbonyl (C=O) groups excluding carboxylic acids is 1. The normalized spacial score (nSPS) is 15.9. The van der Waals surface area contributed by atoms with Crippen LogP contribution in [0.25, 0.3) is 11.3 Å². The van der Waals surface area contributed by atoms with E-state index in [0.717, 1.165) is 16.9 Å². The number of nitrogens with zero attached hydrogens (tertiary/aromatic N) is 7. The van der Waals surface area contributed by atoms with Crippen LogP contribution in [0.15, 0.2) is 110 Å². The van der Waals surface area contributed by atoms with Crippen molar-refractivity contribution in [3.8, 4) is 11.3 Å². The van der Waals surface area contributed by atoms with Crippen LogP contribution in [0, 0.1) is 6.92 Å². The molecule has 0 N–H and O–H groups in total. The summed E-state index contributed by atoms with van der Waals surface area (Å²) in [4.78, 5) is 17.6. The van der Waals surface area contributed by atoms with Crippen molar-refractivity contribution in [3.63, 3.8) is 0 Å². The summed E-state index contributed by atoms with van der Waals surface area (Å²) in [7, 11) is 0. The highest BCUT2D eigenvalue weighted by Gasteiger charge is 2.36. The van der Waals surface area contributed by atoms with Gasteiger partial charge in [0.05, 0.1) is 28.5 Å². The van der Waals surface area contributed by atoms with E-state index in [1.54, 1.807) is 31.2 Å². The minimum atomic E-state index is -0.779. The Hall–Kier alpha value is -4.37. The molecule has 0 saturated heterocycles. The summed E-state index contributed by atoms with van der Waals surface area (Å²) in [6.45, 7) is 3.81. The Bertz CT molecular complexity index is 1420. The van der Waals surface area contributed by atoms with Crippen LogP contribution in [0.4, 0.5) is 22.2 Å². The van der Waals surface area contributed by atoms with Crippen molar-refractivity contribution in [2.45, 2.75) is 19.9 Å². The quantitative estimate of drug-likeness (QED) is 0.269. The Balaban J connectivity index is 1.26. The number of thiazole rings is 1. The lowest BCUT2D eigenvalue weighted by molar-refractivity contribution is -0.117. The molecule has 0 fully saturated rings. The van der Waals surface area contributed by atoms with Crippen LogP contribution >= 0.6 is 11.3 Å². The molecular weight excluding hydrogens is 458 g/mol. The highest BCUT2D eigenvalue weighted by atomic mass is 32.1. The molecular formula is C26H21N7OS. The predicted octanol–water partition coefficient (Wildman–Crippen LogP) is 7.41. The second-order valence-electron chi connectivity index (χ2n) is 7.94. The molecule has 5 rings (SSSR count). The van der Waals surface area contributed by atoms with Gasteiger partial charge in [-0.1, -0.05) is 48.0 Å². The Kier molecular flexibility index (Phi) is 6.32. The number of rotatable bonds is 6. The van der Waals surface area contributed by atoms with Gasteiger partial charge in [-0.2, -0.15) is 30.6 Å². The third-order valence-corrected chi connectivity index (χ3v) is 6.11. The first kappa shape index (κ1) is 22.4. The summed E-state index contributed by atoms with van der Waals surface area (Å²) in [5, 5.41) is 25.0. The van der Waals surface area contributed by atoms with Crippen LogP contribution < -0.4 is 5.01 Å². The van der Waals surface area contributed by atoms with Gasteiger partial charge < -0.3 is 0 Å². The molecule has 1 aliphatic rings. The van der Waals surface area contributed by atoms with Gasteiger partial charge >= 0.3 is 0 Å². The van der Waals surface area contributed by atoms with Crippen LogP contribution in [0.2, 0.25) is 0 Å². The average Bonchev–Trinajstić information content (AvgIpc) is 3.48. The molecule has 4 aromatic rings. The first-order chi connectivity index (χ1) is 17.1. The molecule has 0 radical (unpaired) electrons. The maximum absolute atomic E-state index is 13.0. The highest BCUT2D eigenvalue weighted by molar-refractivity contribution is 7.14. The van der Waals surface area contributed by atoms with Crippen molar-refractivity contribution < 1.29 is 4.79 Å². The monoisotopic (exact) mass is 479 g/mol. The lowest BCUT2D eigenvalue weighted by Crippen LogP contribution is -2.29. The molecule has 2 heterocycles. The van der Waals surface area contributed by atoms with Gasteiger partial charge in [-0.15, -0.1) is 11.3 Å². The fourth-order valence-electron chi connectivity index (χ4n) is 3.37. The van der Waals surface area contributed by atoms with Gasteiger partial charge in [-0.3, -0.25) is 4.79 Å². The van der Waals surface area contributed by atoms with E-state index in [2.05, 4.69) is 30.5 Å². The smallest absolute Gasteiger partial charge is 0.269 e. The lowest BCUT2D eigenvalue weighted by atomic mass is 10.1. The minimum absolute atomic E-state index is 0.274. The summed E-state index contributed by atoms with van der Waals surface area (Å²) in [5.74, 6) is -0.274. The number of hydrazone groups is 1. The Labute approximate surface area is 206 Å². The number of amides is 1. The largest absolute Gasteiger partial charge is 0.282 e. The van der Waals surface area contributed by atoms with Crippen molar-refractivity contribution >= 4 is 45.1 Å². The first-order valence-electron chi connectivity index (χ1n) is 11.0. The number of azo groups is 2. The fourth-order valence-corrected chi connectivity index (χ4v) is 4.15. The summed E-state index contributed by atoms with van der Waals surface area (Å²) in [5.41, 5.74) is 5.63. The van der Waals surface area contributed by atoms with Crippen molar-refractivity contribution in [3.05, 3.63) is 89.8 Å². The predicted molar refractivity (Wildman–Crippen MR) is 138 cm³/mol. The van der Waals surface area contributed by atoms with E-state index in [1.807, 2.05) is 66.9 Å². The minimum Gasteiger partial charge on any atom is -0.269 e. The second kappa shape index (κ2) is 9.86. The SMILES string of the molecule is CC1=NN(c2nc(-c3ccc(C)cc3)cs2)C(=O)C1N=Nc1ccc(N=Nc2ccccc2)cc1. The summed E-state index contributed by atoms with van der Waals surface area (Å²) >= 11 is 1.37. The van der Waals surface area contributed by atoms with Crippen molar-refractivity contribution in [1.82, 2.24) is 4.98 Å². The van der Waals surface area contributed by atoms with Gasteiger partial charge in [0.25, 0.3) is 5.91 Å². The number of benzene rings is 3. The number of aromatic nitrogens is 1. The molecule has 0 aliphatic carbocycles. The molecule has 1 atom stereocenters. The third-order valence-electron chi connectivity index (χ3n) is 5.29. The zero-order valence-electron chi connectivity index (χ0n) is 19.1. The van der Waals surface area contributed by atoms with Crippen molar-refractivity contribution in [2.24, 2.45) is 25.6 Å². The topological polar surface area (TPSA) is 95.0 Å². The van der Waals surface area contributed by atoms with Crippen LogP contribution in [-0.4, -0.2) is 22.6 Å². The van der Waals surface area contributed by atoms with Gasteiger partial charge in [0.2, 0.25) is 5.13 Å². The number of hydrogen-bond acceptors (Lipinski definition) is 8. The lowest BCUT2D eigenvalue weighted by Gasteiger charge is -2.08. The summed E-state index contributed by atoms with van der Waals surface area (Å²) < 4.78 is 0.